The van der Waals surface area contributed by atoms with Gasteiger partial charge in [0.1, 0.15) is 4.90 Å². The first kappa shape index (κ1) is 20.2. The van der Waals surface area contributed by atoms with Gasteiger partial charge in [-0.2, -0.15) is 0 Å². The smallest absolute Gasteiger partial charge is 0.257 e. The third kappa shape index (κ3) is 3.85. The topological polar surface area (TPSA) is 82.3 Å². The third-order valence-corrected chi connectivity index (χ3v) is 7.75. The fourth-order valence-corrected chi connectivity index (χ4v) is 6.43. The van der Waals surface area contributed by atoms with E-state index in [1.807, 2.05) is 18.2 Å². The van der Waals surface area contributed by atoms with Gasteiger partial charge in [-0.15, -0.1) is 0 Å². The molecule has 0 spiro atoms. The summed E-state index contributed by atoms with van der Waals surface area (Å²) in [4.78, 5) is 18.2. The van der Waals surface area contributed by atoms with Crippen molar-refractivity contribution in [3.63, 3.8) is 0 Å². The summed E-state index contributed by atoms with van der Waals surface area (Å²) in [5.74, 6) is -0.184. The maximum atomic E-state index is 13.5. The van der Waals surface area contributed by atoms with Gasteiger partial charge in [-0.1, -0.05) is 24.3 Å². The van der Waals surface area contributed by atoms with Crippen LogP contribution in [0.5, 0.6) is 0 Å². The molecule has 1 aliphatic heterocycles. The van der Waals surface area contributed by atoms with Crippen molar-refractivity contribution in [2.24, 2.45) is 0 Å². The Morgan fingerprint density at radius 3 is 2.55 bits per heavy atom. The number of benzene rings is 1. The molecule has 2 aromatic rings. The van der Waals surface area contributed by atoms with Crippen LogP contribution in [0, 0.1) is 13.8 Å². The molecular formula is C22H29N3O3S. The molecule has 156 valence electrons. The molecule has 0 unspecified atom stereocenters. The van der Waals surface area contributed by atoms with Gasteiger partial charge in [0.25, 0.3) is 5.91 Å². The molecule has 1 aliphatic carbocycles. The number of nitrogens with one attached hydrogen (secondary N) is 2. The molecule has 6 nitrogen and oxygen atoms in total. The number of fused-ring (bicyclic) bond motifs is 1. The van der Waals surface area contributed by atoms with E-state index in [0.717, 1.165) is 44.1 Å². The highest BCUT2D eigenvalue weighted by Gasteiger charge is 2.34. The quantitative estimate of drug-likeness (QED) is 0.800. The number of H-pyrrole nitrogens is 1. The molecule has 1 aromatic heterocycles. The summed E-state index contributed by atoms with van der Waals surface area (Å²) in [5.41, 5.74) is 3.65. The van der Waals surface area contributed by atoms with Crippen LogP contribution in [0.2, 0.25) is 0 Å². The number of amides is 1. The maximum absolute atomic E-state index is 13.5. The molecule has 7 heteroatoms. The first-order valence-corrected chi connectivity index (χ1v) is 12.0. The monoisotopic (exact) mass is 415 g/mol. The van der Waals surface area contributed by atoms with Gasteiger partial charge in [0.2, 0.25) is 10.0 Å². The lowest BCUT2D eigenvalue weighted by atomic mass is 9.88. The van der Waals surface area contributed by atoms with Crippen LogP contribution < -0.4 is 4.72 Å². The van der Waals surface area contributed by atoms with Gasteiger partial charge in [-0.05, 0) is 63.5 Å². The second kappa shape index (κ2) is 7.95. The molecular weight excluding hydrogens is 386 g/mol. The zero-order chi connectivity index (χ0) is 20.6. The second-order valence-electron chi connectivity index (χ2n) is 8.20. The minimum absolute atomic E-state index is 0.105. The SMILES string of the molecule is Cc1[nH]c(C)c(S(=O)(=O)N[C@H]2CCCc3ccccc32)c1C(=O)N1CCCCC1. The summed E-state index contributed by atoms with van der Waals surface area (Å²) < 4.78 is 29.8. The molecule has 1 aromatic carbocycles. The van der Waals surface area contributed by atoms with Crippen LogP contribution in [0.15, 0.2) is 29.2 Å². The number of carbonyl (C=O) groups is 1. The molecule has 1 amide bonds. The predicted octanol–water partition coefficient (Wildman–Crippen LogP) is 3.61. The van der Waals surface area contributed by atoms with Crippen LogP contribution in [-0.4, -0.2) is 37.3 Å². The van der Waals surface area contributed by atoms with Crippen molar-refractivity contribution in [3.05, 3.63) is 52.3 Å². The second-order valence-corrected chi connectivity index (χ2v) is 9.85. The number of aromatic nitrogens is 1. The number of likely N-dealkylation sites (tertiary alicyclic amines) is 1. The third-order valence-electron chi connectivity index (χ3n) is 6.11. The summed E-state index contributed by atoms with van der Waals surface area (Å²) in [7, 11) is -3.86. The van der Waals surface area contributed by atoms with E-state index in [9.17, 15) is 13.2 Å². The molecule has 2 N–H and O–H groups in total. The average molecular weight is 416 g/mol. The number of piperidine rings is 1. The van der Waals surface area contributed by atoms with Crippen molar-refractivity contribution >= 4 is 15.9 Å². The normalized spacial score (nSPS) is 19.8. The van der Waals surface area contributed by atoms with E-state index in [-0.39, 0.29) is 16.8 Å². The average Bonchev–Trinajstić information content (AvgIpc) is 3.03. The van der Waals surface area contributed by atoms with Crippen LogP contribution in [0.4, 0.5) is 0 Å². The van der Waals surface area contributed by atoms with Crippen molar-refractivity contribution < 1.29 is 13.2 Å². The van der Waals surface area contributed by atoms with Crippen molar-refractivity contribution in [1.29, 1.82) is 0 Å². The highest BCUT2D eigenvalue weighted by atomic mass is 32.2. The van der Waals surface area contributed by atoms with Gasteiger partial charge < -0.3 is 9.88 Å². The Labute approximate surface area is 172 Å². The molecule has 1 saturated heterocycles. The van der Waals surface area contributed by atoms with Crippen LogP contribution in [0.3, 0.4) is 0 Å². The summed E-state index contributed by atoms with van der Waals surface area (Å²) in [5, 5.41) is 0. The zero-order valence-electron chi connectivity index (χ0n) is 17.1. The standard InChI is InChI=1S/C22H29N3O3S/c1-15-20(22(26)25-13-6-3-7-14-25)21(16(2)23-15)29(27,28)24-19-12-8-10-17-9-4-5-11-18(17)19/h4-5,9,11,19,23-24H,3,6-8,10,12-14H2,1-2H3/t19-/m0/s1. The Balaban J connectivity index is 1.68. The van der Waals surface area contributed by atoms with Crippen LogP contribution >= 0.6 is 0 Å². The number of aromatic amines is 1. The Morgan fingerprint density at radius 2 is 1.79 bits per heavy atom. The lowest BCUT2D eigenvalue weighted by Crippen LogP contribution is -2.37. The van der Waals surface area contributed by atoms with Crippen LogP contribution in [-0.2, 0) is 16.4 Å². The Bertz CT molecular complexity index is 1020. The van der Waals surface area contributed by atoms with E-state index in [0.29, 0.717) is 30.0 Å². The lowest BCUT2D eigenvalue weighted by molar-refractivity contribution is 0.0720. The van der Waals surface area contributed by atoms with Gasteiger partial charge in [0.15, 0.2) is 0 Å². The highest BCUT2D eigenvalue weighted by molar-refractivity contribution is 7.89. The van der Waals surface area contributed by atoms with E-state index in [1.165, 1.54) is 5.56 Å². The fourth-order valence-electron chi connectivity index (χ4n) is 4.73. The number of nitrogens with zero attached hydrogens (tertiary/aromatic N) is 1. The van der Waals surface area contributed by atoms with E-state index in [4.69, 9.17) is 0 Å². The van der Waals surface area contributed by atoms with E-state index in [1.54, 1.807) is 18.7 Å². The van der Waals surface area contributed by atoms with Gasteiger partial charge in [-0.25, -0.2) is 13.1 Å². The summed E-state index contributed by atoms with van der Waals surface area (Å²) >= 11 is 0. The number of hydrogen-bond acceptors (Lipinski definition) is 3. The molecule has 2 heterocycles. The van der Waals surface area contributed by atoms with Crippen molar-refractivity contribution in [2.75, 3.05) is 13.1 Å². The molecule has 29 heavy (non-hydrogen) atoms. The number of rotatable bonds is 4. The van der Waals surface area contributed by atoms with Gasteiger partial charge in [0, 0.05) is 30.5 Å². The van der Waals surface area contributed by atoms with Crippen molar-refractivity contribution in [3.8, 4) is 0 Å². The molecule has 1 atom stereocenters. The number of sulfonamides is 1. The zero-order valence-corrected chi connectivity index (χ0v) is 17.9. The predicted molar refractivity (Wildman–Crippen MR) is 112 cm³/mol. The minimum Gasteiger partial charge on any atom is -0.361 e. The number of carbonyl (C=O) groups excluding carboxylic acids is 1. The van der Waals surface area contributed by atoms with E-state index < -0.39 is 10.0 Å². The van der Waals surface area contributed by atoms with Crippen LogP contribution in [0.25, 0.3) is 0 Å². The lowest BCUT2D eigenvalue weighted by Gasteiger charge is -2.28. The Kier molecular flexibility index (Phi) is 5.53. The van der Waals surface area contributed by atoms with Crippen LogP contribution in [0.1, 0.15) is 71.0 Å². The summed E-state index contributed by atoms with van der Waals surface area (Å²) in [6.07, 6.45) is 5.71. The highest BCUT2D eigenvalue weighted by Crippen LogP contribution is 2.33. The molecule has 0 saturated carbocycles. The molecule has 0 bridgehead atoms. The Hall–Kier alpha value is -2.12. The summed E-state index contributed by atoms with van der Waals surface area (Å²) in [6.45, 7) is 4.87. The van der Waals surface area contributed by atoms with Crippen molar-refractivity contribution in [2.45, 2.75) is 63.3 Å². The fraction of sp³-hybridized carbons (Fsp3) is 0.500. The largest absolute Gasteiger partial charge is 0.361 e. The maximum Gasteiger partial charge on any atom is 0.257 e. The number of hydrogen-bond donors (Lipinski definition) is 2. The van der Waals surface area contributed by atoms with Gasteiger partial charge in [0.05, 0.1) is 5.56 Å². The molecule has 4 rings (SSSR count). The molecule has 2 aliphatic rings. The Morgan fingerprint density at radius 1 is 1.07 bits per heavy atom. The van der Waals surface area contributed by atoms with E-state index >= 15 is 0 Å². The first-order valence-electron chi connectivity index (χ1n) is 10.5. The molecule has 1 fully saturated rings. The van der Waals surface area contributed by atoms with Gasteiger partial charge in [-0.3, -0.25) is 4.79 Å². The van der Waals surface area contributed by atoms with E-state index in [2.05, 4.69) is 15.8 Å². The molecule has 0 radical (unpaired) electrons. The summed E-state index contributed by atoms with van der Waals surface area (Å²) in [6, 6.07) is 7.73. The first-order chi connectivity index (χ1) is 13.9. The number of aryl methyl sites for hydroxylation is 3. The van der Waals surface area contributed by atoms with Gasteiger partial charge >= 0.3 is 0 Å². The minimum atomic E-state index is -3.86. The van der Waals surface area contributed by atoms with Crippen molar-refractivity contribution in [1.82, 2.24) is 14.6 Å².